The van der Waals surface area contributed by atoms with Crippen molar-refractivity contribution >= 4 is 11.8 Å². The molecule has 0 radical (unpaired) electrons. The largest absolute Gasteiger partial charge is 0.494 e. The van der Waals surface area contributed by atoms with E-state index in [-0.39, 0.29) is 18.4 Å². The minimum Gasteiger partial charge on any atom is -0.494 e. The van der Waals surface area contributed by atoms with Gasteiger partial charge in [0.1, 0.15) is 11.5 Å². The number of nitrogens with one attached hydrogen (secondary N) is 2. The molecule has 6 heteroatoms. The molecule has 0 aliphatic carbocycles. The van der Waals surface area contributed by atoms with Crippen LogP contribution in [0.3, 0.4) is 0 Å². The van der Waals surface area contributed by atoms with Crippen LogP contribution in [0.25, 0.3) is 0 Å². The molecule has 0 fully saturated rings. The zero-order valence-electron chi connectivity index (χ0n) is 14.9. The molecule has 0 saturated carbocycles. The predicted octanol–water partition coefficient (Wildman–Crippen LogP) is 2.40. The van der Waals surface area contributed by atoms with Crippen LogP contribution in [0.4, 0.5) is 0 Å². The van der Waals surface area contributed by atoms with E-state index >= 15 is 0 Å². The number of para-hydroxylation sites is 2. The molecule has 6 nitrogen and oxygen atoms in total. The van der Waals surface area contributed by atoms with Crippen LogP contribution < -0.4 is 20.1 Å². The van der Waals surface area contributed by atoms with Crippen molar-refractivity contribution < 1.29 is 19.1 Å². The number of hydrogen-bond donors (Lipinski definition) is 2. The molecule has 0 spiro atoms. The first-order valence-electron chi connectivity index (χ1n) is 8.65. The van der Waals surface area contributed by atoms with Crippen LogP contribution in [0.1, 0.15) is 23.7 Å². The van der Waals surface area contributed by atoms with Gasteiger partial charge >= 0.3 is 0 Å². The van der Waals surface area contributed by atoms with Gasteiger partial charge in [0.05, 0.1) is 25.3 Å². The fraction of sp³-hybridized carbons (Fsp3) is 0.300. The molecule has 2 aromatic carbocycles. The molecular weight excluding hydrogens is 332 g/mol. The molecule has 26 heavy (non-hydrogen) atoms. The zero-order chi connectivity index (χ0) is 18.6. The van der Waals surface area contributed by atoms with Gasteiger partial charge in [-0.1, -0.05) is 30.3 Å². The normalized spacial score (nSPS) is 10.0. The molecule has 0 aromatic heterocycles. The van der Waals surface area contributed by atoms with Crippen molar-refractivity contribution in [2.45, 2.75) is 13.3 Å². The summed E-state index contributed by atoms with van der Waals surface area (Å²) in [6.07, 6.45) is 0.682. The summed E-state index contributed by atoms with van der Waals surface area (Å²) >= 11 is 0. The van der Waals surface area contributed by atoms with Gasteiger partial charge in [0, 0.05) is 6.54 Å². The van der Waals surface area contributed by atoms with Gasteiger partial charge < -0.3 is 20.1 Å². The second kappa shape index (κ2) is 10.8. The van der Waals surface area contributed by atoms with Crippen LogP contribution >= 0.6 is 0 Å². The van der Waals surface area contributed by atoms with Crippen molar-refractivity contribution in [1.29, 1.82) is 0 Å². The summed E-state index contributed by atoms with van der Waals surface area (Å²) in [6, 6.07) is 16.4. The van der Waals surface area contributed by atoms with E-state index in [9.17, 15) is 9.59 Å². The van der Waals surface area contributed by atoms with Gasteiger partial charge in [-0.15, -0.1) is 0 Å². The third kappa shape index (κ3) is 6.47. The monoisotopic (exact) mass is 356 g/mol. The maximum absolute atomic E-state index is 12.2. The quantitative estimate of drug-likeness (QED) is 0.641. The van der Waals surface area contributed by atoms with E-state index in [4.69, 9.17) is 9.47 Å². The molecule has 0 aliphatic heterocycles. The van der Waals surface area contributed by atoms with Gasteiger partial charge in [-0.3, -0.25) is 9.59 Å². The van der Waals surface area contributed by atoms with Crippen LogP contribution in [0, 0.1) is 0 Å². The van der Waals surface area contributed by atoms with E-state index in [0.29, 0.717) is 37.5 Å². The van der Waals surface area contributed by atoms with Crippen molar-refractivity contribution in [3.05, 3.63) is 60.2 Å². The number of rotatable bonds is 10. The molecule has 138 valence electrons. The lowest BCUT2D eigenvalue weighted by atomic mass is 10.2. The zero-order valence-corrected chi connectivity index (χ0v) is 14.9. The first-order valence-corrected chi connectivity index (χ1v) is 8.65. The smallest absolute Gasteiger partial charge is 0.255 e. The Morgan fingerprint density at radius 3 is 2.42 bits per heavy atom. The number of amides is 2. The number of hydrogen-bond acceptors (Lipinski definition) is 4. The van der Waals surface area contributed by atoms with Gasteiger partial charge in [0.2, 0.25) is 5.91 Å². The van der Waals surface area contributed by atoms with Crippen LogP contribution in [-0.2, 0) is 4.79 Å². The Labute approximate surface area is 153 Å². The second-order valence-corrected chi connectivity index (χ2v) is 5.48. The highest BCUT2D eigenvalue weighted by atomic mass is 16.5. The highest BCUT2D eigenvalue weighted by molar-refractivity contribution is 5.98. The Bertz CT molecular complexity index is 704. The average molecular weight is 356 g/mol. The molecule has 0 saturated heterocycles. The van der Waals surface area contributed by atoms with Gasteiger partial charge in [0.25, 0.3) is 5.91 Å². The van der Waals surface area contributed by atoms with Gasteiger partial charge in [0.15, 0.2) is 0 Å². The SMILES string of the molecule is CCOc1ccccc1C(=O)NCC(=O)NCCCOc1ccccc1. The van der Waals surface area contributed by atoms with Crippen molar-refractivity contribution in [3.8, 4) is 11.5 Å². The number of carbonyl (C=O) groups is 2. The highest BCUT2D eigenvalue weighted by Gasteiger charge is 2.12. The highest BCUT2D eigenvalue weighted by Crippen LogP contribution is 2.17. The fourth-order valence-electron chi connectivity index (χ4n) is 2.26. The number of benzene rings is 2. The van der Waals surface area contributed by atoms with E-state index < -0.39 is 0 Å². The number of ether oxygens (including phenoxy) is 2. The Morgan fingerprint density at radius 2 is 1.65 bits per heavy atom. The Hall–Kier alpha value is -3.02. The summed E-state index contributed by atoms with van der Waals surface area (Å²) in [7, 11) is 0. The first kappa shape index (κ1) is 19.3. The summed E-state index contributed by atoms with van der Waals surface area (Å²) in [5.74, 6) is 0.730. The number of carbonyl (C=O) groups excluding carboxylic acids is 2. The standard InChI is InChI=1S/C20H24N2O4/c1-2-25-18-12-7-6-11-17(18)20(24)22-15-19(23)21-13-8-14-26-16-9-4-3-5-10-16/h3-7,9-12H,2,8,13-15H2,1H3,(H,21,23)(H,22,24). The topological polar surface area (TPSA) is 76.7 Å². The summed E-state index contributed by atoms with van der Waals surface area (Å²) in [5.41, 5.74) is 0.415. The summed E-state index contributed by atoms with van der Waals surface area (Å²) < 4.78 is 11.0. The molecule has 2 amide bonds. The van der Waals surface area contributed by atoms with Crippen molar-refractivity contribution in [2.24, 2.45) is 0 Å². The lowest BCUT2D eigenvalue weighted by Crippen LogP contribution is -2.37. The van der Waals surface area contributed by atoms with E-state index in [1.165, 1.54) is 0 Å². The Balaban J connectivity index is 1.64. The minimum absolute atomic E-state index is 0.0845. The Kier molecular flexibility index (Phi) is 7.99. The third-order valence-electron chi connectivity index (χ3n) is 3.50. The van der Waals surface area contributed by atoms with Crippen molar-refractivity contribution in [3.63, 3.8) is 0 Å². The van der Waals surface area contributed by atoms with Crippen molar-refractivity contribution in [2.75, 3.05) is 26.3 Å². The van der Waals surface area contributed by atoms with E-state index in [0.717, 1.165) is 5.75 Å². The van der Waals surface area contributed by atoms with Crippen molar-refractivity contribution in [1.82, 2.24) is 10.6 Å². The molecule has 2 aromatic rings. The predicted molar refractivity (Wildman–Crippen MR) is 99.5 cm³/mol. The molecule has 2 rings (SSSR count). The molecule has 0 heterocycles. The fourth-order valence-corrected chi connectivity index (χ4v) is 2.26. The van der Waals surface area contributed by atoms with Crippen LogP contribution in [0.15, 0.2) is 54.6 Å². The summed E-state index contributed by atoms with van der Waals surface area (Å²) in [6.45, 7) is 3.23. The average Bonchev–Trinajstić information content (AvgIpc) is 2.67. The van der Waals surface area contributed by atoms with E-state index in [1.807, 2.05) is 37.3 Å². The maximum Gasteiger partial charge on any atom is 0.255 e. The lowest BCUT2D eigenvalue weighted by Gasteiger charge is -2.11. The first-order chi connectivity index (χ1) is 12.7. The molecule has 0 atom stereocenters. The third-order valence-corrected chi connectivity index (χ3v) is 3.50. The summed E-state index contributed by atoms with van der Waals surface area (Å²) in [4.78, 5) is 24.0. The molecule has 0 unspecified atom stereocenters. The molecule has 0 aliphatic rings. The van der Waals surface area contributed by atoms with Gasteiger partial charge in [-0.25, -0.2) is 0 Å². The minimum atomic E-state index is -0.336. The summed E-state index contributed by atoms with van der Waals surface area (Å²) in [5, 5.41) is 5.35. The lowest BCUT2D eigenvalue weighted by molar-refractivity contribution is -0.120. The van der Waals surface area contributed by atoms with Crippen LogP contribution in [-0.4, -0.2) is 38.1 Å². The molecular formula is C20H24N2O4. The maximum atomic E-state index is 12.2. The Morgan fingerprint density at radius 1 is 0.923 bits per heavy atom. The van der Waals surface area contributed by atoms with Gasteiger partial charge in [-0.2, -0.15) is 0 Å². The molecule has 2 N–H and O–H groups in total. The van der Waals surface area contributed by atoms with E-state index in [1.54, 1.807) is 24.3 Å². The van der Waals surface area contributed by atoms with Gasteiger partial charge in [-0.05, 0) is 37.6 Å². The molecule has 0 bridgehead atoms. The van der Waals surface area contributed by atoms with E-state index in [2.05, 4.69) is 10.6 Å². The van der Waals surface area contributed by atoms with Crippen LogP contribution in [0.5, 0.6) is 11.5 Å². The van der Waals surface area contributed by atoms with Crippen LogP contribution in [0.2, 0.25) is 0 Å². The second-order valence-electron chi connectivity index (χ2n) is 5.48.